The van der Waals surface area contributed by atoms with E-state index < -0.39 is 22.6 Å². The summed E-state index contributed by atoms with van der Waals surface area (Å²) in [5.74, 6) is -0.395. The van der Waals surface area contributed by atoms with Gasteiger partial charge in [-0.3, -0.25) is 4.31 Å². The SMILES string of the molecule is C=CCN(c1ccccc1OC)S(=O)(=O)c1cccc(C(=O)OCC#N)c1. The molecule has 0 amide bonds. The Morgan fingerprint density at radius 3 is 2.67 bits per heavy atom. The van der Waals surface area contributed by atoms with Crippen LogP contribution in [0.3, 0.4) is 0 Å². The molecule has 2 rings (SSSR count). The first-order valence-corrected chi connectivity index (χ1v) is 9.30. The minimum Gasteiger partial charge on any atom is -0.495 e. The summed E-state index contributed by atoms with van der Waals surface area (Å²) in [6.07, 6.45) is 1.45. The topological polar surface area (TPSA) is 96.7 Å². The molecule has 0 heterocycles. The van der Waals surface area contributed by atoms with E-state index in [0.717, 1.165) is 4.31 Å². The first-order chi connectivity index (χ1) is 13.0. The highest BCUT2D eigenvalue weighted by atomic mass is 32.2. The summed E-state index contributed by atoms with van der Waals surface area (Å²) in [6, 6.07) is 13.8. The molecule has 0 saturated heterocycles. The fraction of sp³-hybridized carbons (Fsp3) is 0.158. The number of rotatable bonds is 8. The van der Waals surface area contributed by atoms with Crippen LogP contribution < -0.4 is 9.04 Å². The standard InChI is InChI=1S/C19H18N2O5S/c1-3-12-21(17-9-4-5-10-18(17)25-2)27(23,24)16-8-6-7-15(14-16)19(22)26-13-11-20/h3-10,14H,1,12-13H2,2H3. The third-order valence-electron chi connectivity index (χ3n) is 3.57. The van der Waals surface area contributed by atoms with Crippen molar-refractivity contribution in [2.75, 3.05) is 24.6 Å². The number of esters is 1. The van der Waals surface area contributed by atoms with Gasteiger partial charge in [0.25, 0.3) is 10.0 Å². The van der Waals surface area contributed by atoms with Crippen LogP contribution in [0.5, 0.6) is 5.75 Å². The van der Waals surface area contributed by atoms with Crippen molar-refractivity contribution < 1.29 is 22.7 Å². The van der Waals surface area contributed by atoms with Crippen LogP contribution in [0.25, 0.3) is 0 Å². The van der Waals surface area contributed by atoms with E-state index in [-0.39, 0.29) is 17.0 Å². The van der Waals surface area contributed by atoms with Gasteiger partial charge in [0, 0.05) is 0 Å². The lowest BCUT2D eigenvalue weighted by molar-refractivity contribution is 0.0554. The lowest BCUT2D eigenvalue weighted by atomic mass is 10.2. The number of carbonyl (C=O) groups is 1. The van der Waals surface area contributed by atoms with Gasteiger partial charge in [0.15, 0.2) is 6.61 Å². The van der Waals surface area contributed by atoms with Gasteiger partial charge >= 0.3 is 5.97 Å². The molecule has 7 nitrogen and oxygen atoms in total. The molecule has 0 aliphatic rings. The Morgan fingerprint density at radius 2 is 2.00 bits per heavy atom. The van der Waals surface area contributed by atoms with Crippen molar-refractivity contribution in [3.05, 3.63) is 66.7 Å². The normalized spacial score (nSPS) is 10.5. The second-order valence-electron chi connectivity index (χ2n) is 5.26. The number of benzene rings is 2. The quantitative estimate of drug-likeness (QED) is 0.511. The number of nitrogens with zero attached hydrogens (tertiary/aromatic N) is 2. The summed E-state index contributed by atoms with van der Waals surface area (Å²) in [5.41, 5.74) is 0.377. The van der Waals surface area contributed by atoms with Gasteiger partial charge in [-0.05, 0) is 30.3 Å². The molecule has 0 aromatic heterocycles. The number of sulfonamides is 1. The van der Waals surface area contributed by atoms with E-state index in [1.807, 2.05) is 0 Å². The molecule has 0 atom stereocenters. The van der Waals surface area contributed by atoms with Gasteiger partial charge in [-0.1, -0.05) is 24.3 Å². The van der Waals surface area contributed by atoms with E-state index in [1.165, 1.54) is 37.5 Å². The summed E-state index contributed by atoms with van der Waals surface area (Å²) >= 11 is 0. The Kier molecular flexibility index (Phi) is 6.57. The molecule has 140 valence electrons. The second-order valence-corrected chi connectivity index (χ2v) is 7.12. The summed E-state index contributed by atoms with van der Waals surface area (Å²) in [7, 11) is -2.57. The van der Waals surface area contributed by atoms with E-state index in [2.05, 4.69) is 6.58 Å². The van der Waals surface area contributed by atoms with Gasteiger partial charge < -0.3 is 9.47 Å². The number of para-hydroxylation sites is 2. The number of carbonyl (C=O) groups excluding carboxylic acids is 1. The van der Waals surface area contributed by atoms with Crippen LogP contribution in [0.15, 0.2) is 66.1 Å². The maximum atomic E-state index is 13.2. The van der Waals surface area contributed by atoms with Crippen LogP contribution in [0.1, 0.15) is 10.4 Å². The van der Waals surface area contributed by atoms with Crippen molar-refractivity contribution in [3.63, 3.8) is 0 Å². The average Bonchev–Trinajstić information content (AvgIpc) is 2.70. The molecule has 0 N–H and O–H groups in total. The van der Waals surface area contributed by atoms with Crippen LogP contribution in [0.4, 0.5) is 5.69 Å². The second kappa shape index (κ2) is 8.87. The number of hydrogen-bond donors (Lipinski definition) is 0. The first kappa shape index (κ1) is 20.0. The van der Waals surface area contributed by atoms with Crippen molar-refractivity contribution in [3.8, 4) is 11.8 Å². The van der Waals surface area contributed by atoms with Gasteiger partial charge in [-0.2, -0.15) is 5.26 Å². The monoisotopic (exact) mass is 386 g/mol. The minimum atomic E-state index is -4.02. The Hall–Kier alpha value is -3.31. The summed E-state index contributed by atoms with van der Waals surface area (Å²) in [5, 5.41) is 8.50. The molecular formula is C19H18N2O5S. The molecule has 0 spiro atoms. The van der Waals surface area contributed by atoms with Gasteiger partial charge in [-0.25, -0.2) is 13.2 Å². The lowest BCUT2D eigenvalue weighted by Gasteiger charge is -2.25. The van der Waals surface area contributed by atoms with Crippen LogP contribution in [0, 0.1) is 11.3 Å². The van der Waals surface area contributed by atoms with E-state index in [9.17, 15) is 13.2 Å². The van der Waals surface area contributed by atoms with Gasteiger partial charge in [0.05, 0.1) is 29.8 Å². The number of methoxy groups -OCH3 is 1. The Morgan fingerprint density at radius 1 is 1.26 bits per heavy atom. The van der Waals surface area contributed by atoms with Crippen LogP contribution >= 0.6 is 0 Å². The summed E-state index contributed by atoms with van der Waals surface area (Å²) in [6.45, 7) is 3.21. The molecule has 0 fully saturated rings. The first-order valence-electron chi connectivity index (χ1n) is 7.86. The fourth-order valence-corrected chi connectivity index (χ4v) is 3.86. The summed E-state index contributed by atoms with van der Waals surface area (Å²) in [4.78, 5) is 11.8. The average molecular weight is 386 g/mol. The predicted octanol–water partition coefficient (Wildman–Crippen LogP) is 2.76. The van der Waals surface area contributed by atoms with E-state index in [0.29, 0.717) is 11.4 Å². The van der Waals surface area contributed by atoms with E-state index in [4.69, 9.17) is 14.7 Å². The Bertz CT molecular complexity index is 980. The van der Waals surface area contributed by atoms with E-state index in [1.54, 1.807) is 30.3 Å². The van der Waals surface area contributed by atoms with Gasteiger partial charge in [0.1, 0.15) is 11.8 Å². The number of nitriles is 1. The zero-order valence-corrected chi connectivity index (χ0v) is 15.5. The third kappa shape index (κ3) is 4.46. The number of hydrogen-bond acceptors (Lipinski definition) is 6. The van der Waals surface area contributed by atoms with Gasteiger partial charge in [0.2, 0.25) is 0 Å². The highest BCUT2D eigenvalue weighted by Crippen LogP contribution is 2.32. The van der Waals surface area contributed by atoms with Crippen molar-refractivity contribution in [1.29, 1.82) is 5.26 Å². The molecule has 0 unspecified atom stereocenters. The number of ether oxygens (including phenoxy) is 2. The lowest BCUT2D eigenvalue weighted by Crippen LogP contribution is -2.31. The maximum absolute atomic E-state index is 13.2. The molecule has 0 aliphatic heterocycles. The van der Waals surface area contributed by atoms with Crippen molar-refractivity contribution in [2.24, 2.45) is 0 Å². The molecule has 8 heteroatoms. The molecule has 0 bridgehead atoms. The number of anilines is 1. The Balaban J connectivity index is 2.50. The third-order valence-corrected chi connectivity index (χ3v) is 5.35. The highest BCUT2D eigenvalue weighted by Gasteiger charge is 2.27. The molecule has 2 aromatic carbocycles. The van der Waals surface area contributed by atoms with Crippen LogP contribution in [-0.4, -0.2) is 34.6 Å². The Labute approximate surface area is 158 Å². The van der Waals surface area contributed by atoms with Crippen LogP contribution in [0.2, 0.25) is 0 Å². The zero-order valence-electron chi connectivity index (χ0n) is 14.7. The molecule has 2 aromatic rings. The fourth-order valence-electron chi connectivity index (χ4n) is 2.37. The van der Waals surface area contributed by atoms with E-state index >= 15 is 0 Å². The smallest absolute Gasteiger partial charge is 0.339 e. The molecule has 0 aliphatic carbocycles. The maximum Gasteiger partial charge on any atom is 0.339 e. The molecule has 0 saturated carbocycles. The largest absolute Gasteiger partial charge is 0.495 e. The molecule has 27 heavy (non-hydrogen) atoms. The molecular weight excluding hydrogens is 368 g/mol. The van der Waals surface area contributed by atoms with Crippen molar-refractivity contribution in [1.82, 2.24) is 0 Å². The van der Waals surface area contributed by atoms with Crippen molar-refractivity contribution >= 4 is 21.7 Å². The highest BCUT2D eigenvalue weighted by molar-refractivity contribution is 7.92. The van der Waals surface area contributed by atoms with Crippen molar-refractivity contribution in [2.45, 2.75) is 4.90 Å². The summed E-state index contributed by atoms with van der Waals surface area (Å²) < 4.78 is 37.5. The molecule has 0 radical (unpaired) electrons. The van der Waals surface area contributed by atoms with Crippen LogP contribution in [-0.2, 0) is 14.8 Å². The predicted molar refractivity (Wildman–Crippen MR) is 100 cm³/mol. The minimum absolute atomic E-state index is 0.00577. The van der Waals surface area contributed by atoms with Gasteiger partial charge in [-0.15, -0.1) is 6.58 Å². The zero-order chi connectivity index (χ0) is 19.9.